The Hall–Kier alpha value is -1.85. The predicted octanol–water partition coefficient (Wildman–Crippen LogP) is 4.56. The van der Waals surface area contributed by atoms with E-state index in [4.69, 9.17) is 14.2 Å². The maximum absolute atomic E-state index is 11.8. The van der Waals surface area contributed by atoms with Crippen LogP contribution in [0.3, 0.4) is 0 Å². The van der Waals surface area contributed by atoms with E-state index in [0.29, 0.717) is 23.7 Å². The molecule has 0 heterocycles. The average molecular weight is 433 g/mol. The fourth-order valence-corrected chi connectivity index (χ4v) is 7.75. The number of carbonyl (C=O) groups excluding carboxylic acids is 3. The van der Waals surface area contributed by atoms with E-state index in [1.165, 1.54) is 20.8 Å². The van der Waals surface area contributed by atoms with Gasteiger partial charge in [-0.15, -0.1) is 0 Å². The minimum absolute atomic E-state index is 0.0468. The van der Waals surface area contributed by atoms with E-state index in [1.807, 2.05) is 0 Å². The summed E-state index contributed by atoms with van der Waals surface area (Å²) in [7, 11) is 0. The second kappa shape index (κ2) is 7.93. The van der Waals surface area contributed by atoms with Crippen LogP contribution < -0.4 is 0 Å². The molecule has 4 aliphatic carbocycles. The molecule has 3 fully saturated rings. The highest BCUT2D eigenvalue weighted by Gasteiger charge is 2.61. The van der Waals surface area contributed by atoms with Crippen LogP contribution >= 0.6 is 0 Å². The van der Waals surface area contributed by atoms with Crippen LogP contribution in [0.2, 0.25) is 0 Å². The normalized spacial score (nSPS) is 43.6. The molecule has 172 valence electrons. The molecule has 0 amide bonds. The summed E-state index contributed by atoms with van der Waals surface area (Å²) in [6, 6.07) is 0. The third-order valence-electron chi connectivity index (χ3n) is 9.04. The molecule has 0 aliphatic heterocycles. The lowest BCUT2D eigenvalue weighted by Crippen LogP contribution is -2.57. The van der Waals surface area contributed by atoms with Crippen molar-refractivity contribution in [2.45, 2.75) is 91.8 Å². The Morgan fingerprint density at radius 3 is 2.23 bits per heavy atom. The molecule has 0 N–H and O–H groups in total. The van der Waals surface area contributed by atoms with Gasteiger partial charge in [0.25, 0.3) is 0 Å². The maximum atomic E-state index is 11.8. The van der Waals surface area contributed by atoms with Crippen molar-refractivity contribution >= 4 is 17.9 Å². The molecule has 4 aliphatic rings. The minimum atomic E-state index is -0.381. The highest BCUT2D eigenvalue weighted by molar-refractivity contribution is 5.68. The molecule has 0 saturated heterocycles. The first-order chi connectivity index (χ1) is 14.5. The molecule has 8 atom stereocenters. The van der Waals surface area contributed by atoms with Gasteiger partial charge in [0.2, 0.25) is 0 Å². The standard InChI is InChI=1S/C25H36O6/c1-14(26)29-21-12-17-6-7-18-19-8-9-23(31-16(3)28)24(19,4)11-10-20(18)25(17,5)13-22(21)30-15(2)27/h9,17-22H,6-8,10-13H2,1-5H3. The third-order valence-corrected chi connectivity index (χ3v) is 9.04. The van der Waals surface area contributed by atoms with Gasteiger partial charge in [-0.3, -0.25) is 14.4 Å². The Morgan fingerprint density at radius 2 is 1.58 bits per heavy atom. The number of hydrogen-bond acceptors (Lipinski definition) is 6. The van der Waals surface area contributed by atoms with E-state index in [9.17, 15) is 14.4 Å². The summed E-state index contributed by atoms with van der Waals surface area (Å²) >= 11 is 0. The van der Waals surface area contributed by atoms with Crippen molar-refractivity contribution in [3.05, 3.63) is 11.8 Å². The smallest absolute Gasteiger partial charge is 0.307 e. The molecular weight excluding hydrogens is 396 g/mol. The van der Waals surface area contributed by atoms with Gasteiger partial charge in [0, 0.05) is 26.2 Å². The first kappa shape index (κ1) is 22.3. The fraction of sp³-hybridized carbons (Fsp3) is 0.800. The lowest BCUT2D eigenvalue weighted by atomic mass is 9.45. The van der Waals surface area contributed by atoms with Crippen LogP contribution in [0.1, 0.15) is 79.6 Å². The highest BCUT2D eigenvalue weighted by atomic mass is 16.6. The number of ether oxygens (including phenoxy) is 3. The van der Waals surface area contributed by atoms with Gasteiger partial charge in [-0.25, -0.2) is 0 Å². The quantitative estimate of drug-likeness (QED) is 0.481. The second-order valence-corrected chi connectivity index (χ2v) is 10.7. The van der Waals surface area contributed by atoms with Crippen molar-refractivity contribution in [3.63, 3.8) is 0 Å². The topological polar surface area (TPSA) is 78.9 Å². The molecule has 0 aromatic rings. The Balaban J connectivity index is 1.57. The van der Waals surface area contributed by atoms with Crippen molar-refractivity contribution in [1.82, 2.24) is 0 Å². The molecule has 0 bridgehead atoms. The number of esters is 3. The Kier molecular flexibility index (Phi) is 5.72. The zero-order chi connectivity index (χ0) is 22.6. The summed E-state index contributed by atoms with van der Waals surface area (Å²) in [6.45, 7) is 8.96. The van der Waals surface area contributed by atoms with Crippen molar-refractivity contribution < 1.29 is 28.6 Å². The molecule has 4 rings (SSSR count). The lowest BCUT2D eigenvalue weighted by Gasteiger charge is -2.61. The zero-order valence-electron chi connectivity index (χ0n) is 19.4. The number of rotatable bonds is 3. The second-order valence-electron chi connectivity index (χ2n) is 10.7. The van der Waals surface area contributed by atoms with Crippen LogP contribution in [0.25, 0.3) is 0 Å². The summed E-state index contributed by atoms with van der Waals surface area (Å²) in [5, 5.41) is 0. The van der Waals surface area contributed by atoms with E-state index >= 15 is 0 Å². The van der Waals surface area contributed by atoms with Crippen molar-refractivity contribution in [2.75, 3.05) is 0 Å². The molecule has 31 heavy (non-hydrogen) atoms. The van der Waals surface area contributed by atoms with E-state index < -0.39 is 0 Å². The van der Waals surface area contributed by atoms with Gasteiger partial charge in [-0.1, -0.05) is 13.8 Å². The summed E-state index contributed by atoms with van der Waals surface area (Å²) in [5.74, 6) is 2.03. The molecule has 0 radical (unpaired) electrons. The largest absolute Gasteiger partial charge is 0.459 e. The minimum Gasteiger partial charge on any atom is -0.459 e. The van der Waals surface area contributed by atoms with Crippen LogP contribution in [0.15, 0.2) is 11.8 Å². The zero-order valence-corrected chi connectivity index (χ0v) is 19.4. The maximum Gasteiger partial charge on any atom is 0.307 e. The van der Waals surface area contributed by atoms with Gasteiger partial charge >= 0.3 is 17.9 Å². The molecule has 6 nitrogen and oxygen atoms in total. The Morgan fingerprint density at radius 1 is 0.903 bits per heavy atom. The molecule has 0 spiro atoms. The van der Waals surface area contributed by atoms with Crippen molar-refractivity contribution in [1.29, 1.82) is 0 Å². The summed E-state index contributed by atoms with van der Waals surface area (Å²) in [6.07, 6.45) is 8.20. The predicted molar refractivity (Wildman–Crippen MR) is 113 cm³/mol. The average Bonchev–Trinajstić information content (AvgIpc) is 2.97. The lowest BCUT2D eigenvalue weighted by molar-refractivity contribution is -0.194. The summed E-state index contributed by atoms with van der Waals surface area (Å²) < 4.78 is 16.9. The highest BCUT2D eigenvalue weighted by Crippen LogP contribution is 2.66. The SMILES string of the molecule is CC(=O)OC1=CCC2C3CCC4CC(OC(C)=O)C(OC(C)=O)CC4(C)C3CCC12C. The van der Waals surface area contributed by atoms with E-state index in [1.54, 1.807) is 0 Å². The number of hydrogen-bond donors (Lipinski definition) is 0. The van der Waals surface area contributed by atoms with Crippen LogP contribution in [-0.4, -0.2) is 30.1 Å². The first-order valence-corrected chi connectivity index (χ1v) is 11.8. The first-order valence-electron chi connectivity index (χ1n) is 11.8. The monoisotopic (exact) mass is 432 g/mol. The number of carbonyl (C=O) groups is 3. The van der Waals surface area contributed by atoms with Gasteiger partial charge in [0.05, 0.1) is 0 Å². The van der Waals surface area contributed by atoms with Crippen LogP contribution in [0.4, 0.5) is 0 Å². The molecule has 0 aromatic carbocycles. The fourth-order valence-electron chi connectivity index (χ4n) is 7.75. The van der Waals surface area contributed by atoms with E-state index in [0.717, 1.165) is 50.7 Å². The Bertz CT molecular complexity index is 802. The number of allylic oxidation sites excluding steroid dienone is 2. The van der Waals surface area contributed by atoms with Crippen molar-refractivity contribution in [2.24, 2.45) is 34.5 Å². The third kappa shape index (κ3) is 3.80. The molecular formula is C25H36O6. The van der Waals surface area contributed by atoms with Crippen LogP contribution in [-0.2, 0) is 28.6 Å². The molecule has 6 heteroatoms. The van der Waals surface area contributed by atoms with Gasteiger partial charge in [0.15, 0.2) is 0 Å². The van der Waals surface area contributed by atoms with Crippen molar-refractivity contribution in [3.8, 4) is 0 Å². The number of fused-ring (bicyclic) bond motifs is 5. The van der Waals surface area contributed by atoms with Gasteiger partial charge in [-0.05, 0) is 80.1 Å². The molecule has 8 unspecified atom stereocenters. The Labute approximate surface area is 185 Å². The molecule has 0 aromatic heterocycles. The summed E-state index contributed by atoms with van der Waals surface area (Å²) in [5.41, 5.74) is -0.0224. The van der Waals surface area contributed by atoms with Gasteiger partial charge < -0.3 is 14.2 Å². The van der Waals surface area contributed by atoms with E-state index in [2.05, 4.69) is 19.9 Å². The van der Waals surface area contributed by atoms with Gasteiger partial charge in [0.1, 0.15) is 18.0 Å². The van der Waals surface area contributed by atoms with Crippen LogP contribution in [0.5, 0.6) is 0 Å². The van der Waals surface area contributed by atoms with Gasteiger partial charge in [-0.2, -0.15) is 0 Å². The molecule has 3 saturated carbocycles. The van der Waals surface area contributed by atoms with Crippen LogP contribution in [0, 0.1) is 34.5 Å². The summed E-state index contributed by atoms with van der Waals surface area (Å²) in [4.78, 5) is 35.1. The van der Waals surface area contributed by atoms with E-state index in [-0.39, 0.29) is 40.9 Å².